The molecule has 2 unspecified atom stereocenters. The van der Waals surface area contributed by atoms with Crippen LogP contribution in [-0.4, -0.2) is 15.0 Å². The van der Waals surface area contributed by atoms with Crippen LogP contribution >= 0.6 is 0 Å². The van der Waals surface area contributed by atoms with Crippen LogP contribution < -0.4 is 0 Å². The van der Waals surface area contributed by atoms with E-state index in [4.69, 9.17) is 19.4 Å². The lowest BCUT2D eigenvalue weighted by molar-refractivity contribution is 0.669. The number of fused-ring (bicyclic) bond motifs is 7. The Morgan fingerprint density at radius 3 is 2.10 bits per heavy atom. The first-order chi connectivity index (χ1) is 24.3. The predicted octanol–water partition coefficient (Wildman–Crippen LogP) is 11.2. The summed E-state index contributed by atoms with van der Waals surface area (Å²) in [7, 11) is 0. The van der Waals surface area contributed by atoms with E-state index in [1.165, 1.54) is 22.1 Å². The Bertz CT molecular complexity index is 2680. The van der Waals surface area contributed by atoms with Gasteiger partial charge in [0.05, 0.1) is 0 Å². The third-order valence-electron chi connectivity index (χ3n) is 9.87. The van der Waals surface area contributed by atoms with E-state index < -0.39 is 0 Å². The zero-order valence-electron chi connectivity index (χ0n) is 26.5. The minimum Gasteiger partial charge on any atom is -0.456 e. The molecule has 0 amide bonds. The molecule has 230 valence electrons. The average Bonchev–Trinajstić information content (AvgIpc) is 3.56. The van der Waals surface area contributed by atoms with Gasteiger partial charge in [0.2, 0.25) is 0 Å². The van der Waals surface area contributed by atoms with E-state index in [1.807, 2.05) is 36.4 Å². The highest BCUT2D eigenvalue weighted by molar-refractivity contribution is 6.11. The second-order valence-corrected chi connectivity index (χ2v) is 12.8. The van der Waals surface area contributed by atoms with E-state index in [-0.39, 0.29) is 11.8 Å². The van der Waals surface area contributed by atoms with Gasteiger partial charge in [-0.2, -0.15) is 0 Å². The van der Waals surface area contributed by atoms with Gasteiger partial charge in [-0.1, -0.05) is 140 Å². The largest absolute Gasteiger partial charge is 0.456 e. The van der Waals surface area contributed by atoms with Gasteiger partial charge in [0.25, 0.3) is 0 Å². The lowest BCUT2D eigenvalue weighted by Gasteiger charge is -2.30. The number of benzene rings is 6. The van der Waals surface area contributed by atoms with Crippen molar-refractivity contribution in [2.75, 3.05) is 0 Å². The molecule has 6 aromatic carbocycles. The van der Waals surface area contributed by atoms with Crippen molar-refractivity contribution in [1.82, 2.24) is 15.0 Å². The lowest BCUT2D eigenvalue weighted by Crippen LogP contribution is -2.17. The summed E-state index contributed by atoms with van der Waals surface area (Å²) in [5, 5.41) is 4.35. The summed E-state index contributed by atoms with van der Waals surface area (Å²) < 4.78 is 6.27. The van der Waals surface area contributed by atoms with Gasteiger partial charge in [-0.05, 0) is 57.3 Å². The normalized spacial score (nSPS) is 16.5. The third kappa shape index (κ3) is 4.64. The van der Waals surface area contributed by atoms with Crippen LogP contribution in [0, 0.1) is 5.92 Å². The van der Waals surface area contributed by atoms with E-state index in [9.17, 15) is 0 Å². The molecule has 2 heterocycles. The van der Waals surface area contributed by atoms with Gasteiger partial charge in [-0.25, -0.2) is 15.0 Å². The molecular weight excluding hydrogens is 599 g/mol. The van der Waals surface area contributed by atoms with E-state index in [0.717, 1.165) is 49.6 Å². The van der Waals surface area contributed by atoms with Gasteiger partial charge in [0.15, 0.2) is 17.5 Å². The van der Waals surface area contributed by atoms with Crippen LogP contribution in [0.5, 0.6) is 0 Å². The number of hydrogen-bond donors (Lipinski definition) is 0. The Morgan fingerprint density at radius 2 is 1.18 bits per heavy atom. The number of aromatic nitrogens is 3. The molecule has 0 spiro atoms. The predicted molar refractivity (Wildman–Crippen MR) is 199 cm³/mol. The number of rotatable bonds is 4. The maximum atomic E-state index is 6.27. The molecule has 0 aliphatic heterocycles. The van der Waals surface area contributed by atoms with Crippen LogP contribution in [0.15, 0.2) is 168 Å². The summed E-state index contributed by atoms with van der Waals surface area (Å²) in [6.45, 7) is 0. The van der Waals surface area contributed by atoms with Crippen LogP contribution in [0.2, 0.25) is 0 Å². The standard InChI is InChI=1S/C45H29N3O/c1-2-11-28(12-3-1)29-21-22-31-26-33(24-23-30(31)25-29)43-46-44(38-18-10-20-41-42(38)37-17-8-9-19-40(37)49-41)48-45(47-43)39-27-32-13-4-5-14-34(32)35-15-6-7-16-36(35)39/h1-27,32,34H. The number of nitrogens with zero attached hydrogens (tertiary/aromatic N) is 3. The second kappa shape index (κ2) is 11.1. The Kier molecular flexibility index (Phi) is 6.28. The number of para-hydroxylation sites is 1. The molecule has 2 aliphatic carbocycles. The average molecular weight is 628 g/mol. The molecule has 10 rings (SSSR count). The van der Waals surface area contributed by atoms with Crippen molar-refractivity contribution in [3.8, 4) is 33.9 Å². The molecular formula is C45H29N3O. The highest BCUT2D eigenvalue weighted by Gasteiger charge is 2.30. The van der Waals surface area contributed by atoms with Crippen molar-refractivity contribution in [2.24, 2.45) is 5.92 Å². The fourth-order valence-corrected chi connectivity index (χ4v) is 7.51. The minimum atomic E-state index is 0.222. The Hall–Kier alpha value is -6.39. The Labute approximate surface area is 283 Å². The fraction of sp³-hybridized carbons (Fsp3) is 0.0444. The molecule has 2 aromatic heterocycles. The number of furan rings is 1. The highest BCUT2D eigenvalue weighted by Crippen LogP contribution is 2.44. The number of hydrogen-bond acceptors (Lipinski definition) is 4. The molecule has 0 saturated heterocycles. The third-order valence-corrected chi connectivity index (χ3v) is 9.87. The fourth-order valence-electron chi connectivity index (χ4n) is 7.51. The van der Waals surface area contributed by atoms with Crippen molar-refractivity contribution < 1.29 is 4.42 Å². The van der Waals surface area contributed by atoms with Crippen molar-refractivity contribution in [1.29, 1.82) is 0 Å². The molecule has 4 heteroatoms. The first kappa shape index (κ1) is 27.7. The van der Waals surface area contributed by atoms with Crippen molar-refractivity contribution >= 4 is 38.3 Å². The van der Waals surface area contributed by atoms with Gasteiger partial charge >= 0.3 is 0 Å². The molecule has 0 saturated carbocycles. The summed E-state index contributed by atoms with van der Waals surface area (Å²) >= 11 is 0. The maximum absolute atomic E-state index is 6.27. The van der Waals surface area contributed by atoms with Crippen LogP contribution in [0.4, 0.5) is 0 Å². The molecule has 0 fully saturated rings. The number of allylic oxidation sites excluding steroid dienone is 5. The molecule has 0 bridgehead atoms. The van der Waals surface area contributed by atoms with Crippen LogP contribution in [-0.2, 0) is 0 Å². The van der Waals surface area contributed by atoms with Gasteiger partial charge in [0.1, 0.15) is 11.2 Å². The highest BCUT2D eigenvalue weighted by atomic mass is 16.3. The second-order valence-electron chi connectivity index (χ2n) is 12.8. The maximum Gasteiger partial charge on any atom is 0.164 e. The van der Waals surface area contributed by atoms with Crippen LogP contribution in [0.1, 0.15) is 22.9 Å². The molecule has 49 heavy (non-hydrogen) atoms. The van der Waals surface area contributed by atoms with Crippen molar-refractivity contribution in [2.45, 2.75) is 5.92 Å². The molecule has 2 aliphatic rings. The summed E-state index contributed by atoms with van der Waals surface area (Å²) in [6, 6.07) is 46.5. The van der Waals surface area contributed by atoms with E-state index in [2.05, 4.69) is 127 Å². The summed E-state index contributed by atoms with van der Waals surface area (Å²) in [4.78, 5) is 15.7. The molecule has 8 aromatic rings. The zero-order chi connectivity index (χ0) is 32.3. The van der Waals surface area contributed by atoms with E-state index in [1.54, 1.807) is 0 Å². The van der Waals surface area contributed by atoms with Gasteiger partial charge in [-0.3, -0.25) is 0 Å². The summed E-state index contributed by atoms with van der Waals surface area (Å²) in [6.07, 6.45) is 11.2. The lowest BCUT2D eigenvalue weighted by atomic mass is 9.74. The molecule has 0 radical (unpaired) electrons. The van der Waals surface area contributed by atoms with Gasteiger partial charge < -0.3 is 4.42 Å². The smallest absolute Gasteiger partial charge is 0.164 e. The van der Waals surface area contributed by atoms with E-state index in [0.29, 0.717) is 17.5 Å². The monoisotopic (exact) mass is 627 g/mol. The van der Waals surface area contributed by atoms with E-state index >= 15 is 0 Å². The van der Waals surface area contributed by atoms with Crippen LogP contribution in [0.25, 0.3) is 72.2 Å². The first-order valence-corrected chi connectivity index (χ1v) is 16.7. The first-order valence-electron chi connectivity index (χ1n) is 16.7. The minimum absolute atomic E-state index is 0.222. The summed E-state index contributed by atoms with van der Waals surface area (Å²) in [5.41, 5.74) is 9.39. The van der Waals surface area contributed by atoms with Crippen molar-refractivity contribution in [3.63, 3.8) is 0 Å². The molecule has 0 N–H and O–H groups in total. The topological polar surface area (TPSA) is 51.8 Å². The van der Waals surface area contributed by atoms with Gasteiger partial charge in [0, 0.05) is 39.3 Å². The zero-order valence-corrected chi connectivity index (χ0v) is 26.5. The Morgan fingerprint density at radius 1 is 0.490 bits per heavy atom. The molecule has 4 nitrogen and oxygen atoms in total. The van der Waals surface area contributed by atoms with Crippen molar-refractivity contribution in [3.05, 3.63) is 181 Å². The molecule has 2 atom stereocenters. The van der Waals surface area contributed by atoms with Crippen LogP contribution in [0.3, 0.4) is 0 Å². The Balaban J connectivity index is 1.19. The van der Waals surface area contributed by atoms with Gasteiger partial charge in [-0.15, -0.1) is 0 Å². The summed E-state index contributed by atoms with van der Waals surface area (Å²) in [5.74, 6) is 2.44. The quantitative estimate of drug-likeness (QED) is 0.195. The SMILES string of the molecule is C1=CC2C=C(c3nc(-c4ccc5cc(-c6ccccc6)ccc5c4)nc(-c4cccc5oc6ccccc6c45)n3)c3ccccc3C2C=C1.